The Morgan fingerprint density at radius 1 is 1.38 bits per heavy atom. The second kappa shape index (κ2) is 6.29. The van der Waals surface area contributed by atoms with Crippen LogP contribution >= 0.6 is 0 Å². The van der Waals surface area contributed by atoms with Crippen LogP contribution in [0.15, 0.2) is 35.5 Å². The highest BCUT2D eigenvalue weighted by atomic mass is 16.6. The van der Waals surface area contributed by atoms with Gasteiger partial charge in [0.05, 0.1) is 5.92 Å². The lowest BCUT2D eigenvalue weighted by molar-refractivity contribution is -0.149. The first kappa shape index (κ1) is 15.5. The normalized spacial score (nSPS) is 34.9. The standard InChI is InChI=1S/C17H22O4/c1-10-6-5-7-11(2)9-15-16(12(3)17(19)21-15)14(8-10)20-13(4)18/h6,9,14-16H,3,5,7-8H2,1-2,4H3/b10-6+,11-9+/t14-,15+,16+/m1/s1. The Morgan fingerprint density at radius 2 is 2.10 bits per heavy atom. The molecule has 0 aromatic heterocycles. The van der Waals surface area contributed by atoms with Crippen molar-refractivity contribution in [3.63, 3.8) is 0 Å². The van der Waals surface area contributed by atoms with Crippen LogP contribution < -0.4 is 0 Å². The Morgan fingerprint density at radius 3 is 2.76 bits per heavy atom. The van der Waals surface area contributed by atoms with E-state index in [9.17, 15) is 9.59 Å². The smallest absolute Gasteiger partial charge is 0.334 e. The first-order chi connectivity index (χ1) is 9.88. The molecule has 0 unspecified atom stereocenters. The summed E-state index contributed by atoms with van der Waals surface area (Å²) in [5.74, 6) is -1.05. The van der Waals surface area contributed by atoms with Crippen molar-refractivity contribution in [1.29, 1.82) is 0 Å². The minimum atomic E-state index is -0.412. The molecule has 114 valence electrons. The Labute approximate surface area is 125 Å². The molecular formula is C17H22O4. The number of carbonyl (C=O) groups is 2. The van der Waals surface area contributed by atoms with Crippen molar-refractivity contribution in [3.8, 4) is 0 Å². The van der Waals surface area contributed by atoms with Gasteiger partial charge in [-0.15, -0.1) is 0 Å². The lowest BCUT2D eigenvalue weighted by Crippen LogP contribution is -2.32. The third-order valence-corrected chi connectivity index (χ3v) is 3.98. The summed E-state index contributed by atoms with van der Waals surface area (Å²) in [6.45, 7) is 9.27. The average Bonchev–Trinajstić information content (AvgIpc) is 2.62. The van der Waals surface area contributed by atoms with Crippen LogP contribution in [-0.4, -0.2) is 24.1 Å². The van der Waals surface area contributed by atoms with Crippen LogP contribution in [-0.2, 0) is 19.1 Å². The first-order valence-electron chi connectivity index (χ1n) is 7.28. The van der Waals surface area contributed by atoms with E-state index in [0.29, 0.717) is 12.0 Å². The van der Waals surface area contributed by atoms with Crippen LogP contribution in [0.4, 0.5) is 0 Å². The molecule has 0 aromatic rings. The number of hydrogen-bond donors (Lipinski definition) is 0. The quantitative estimate of drug-likeness (QED) is 0.423. The molecule has 1 aliphatic carbocycles. The van der Waals surface area contributed by atoms with E-state index in [2.05, 4.69) is 12.7 Å². The molecule has 0 N–H and O–H groups in total. The second-order valence-electron chi connectivity index (χ2n) is 5.88. The largest absolute Gasteiger partial charge is 0.461 e. The van der Waals surface area contributed by atoms with Crippen molar-refractivity contribution in [2.75, 3.05) is 0 Å². The lowest BCUT2D eigenvalue weighted by Gasteiger charge is -2.26. The molecule has 0 saturated carbocycles. The van der Waals surface area contributed by atoms with Gasteiger partial charge in [-0.05, 0) is 32.8 Å². The third kappa shape index (κ3) is 3.63. The molecule has 1 heterocycles. The SMILES string of the molecule is C=C1C(=O)O[C@H]2/C=C(\C)CC/C=C(\C)C[C@@H](OC(C)=O)[C@H]12. The zero-order valence-electron chi connectivity index (χ0n) is 12.8. The maximum absolute atomic E-state index is 11.9. The van der Waals surface area contributed by atoms with E-state index in [1.165, 1.54) is 12.5 Å². The van der Waals surface area contributed by atoms with Crippen molar-refractivity contribution in [2.24, 2.45) is 5.92 Å². The van der Waals surface area contributed by atoms with E-state index >= 15 is 0 Å². The number of ether oxygens (including phenoxy) is 2. The maximum atomic E-state index is 11.9. The molecule has 1 fully saturated rings. The summed E-state index contributed by atoms with van der Waals surface area (Å²) >= 11 is 0. The van der Waals surface area contributed by atoms with Crippen LogP contribution in [0.3, 0.4) is 0 Å². The van der Waals surface area contributed by atoms with Gasteiger partial charge in [0.15, 0.2) is 0 Å². The van der Waals surface area contributed by atoms with E-state index in [1.54, 1.807) is 0 Å². The topological polar surface area (TPSA) is 52.6 Å². The van der Waals surface area contributed by atoms with Gasteiger partial charge in [0, 0.05) is 18.9 Å². The molecule has 0 bridgehead atoms. The van der Waals surface area contributed by atoms with Gasteiger partial charge in [-0.3, -0.25) is 4.79 Å². The van der Waals surface area contributed by atoms with Crippen LogP contribution in [0, 0.1) is 5.92 Å². The highest BCUT2D eigenvalue weighted by molar-refractivity contribution is 5.91. The average molecular weight is 290 g/mol. The second-order valence-corrected chi connectivity index (χ2v) is 5.88. The van der Waals surface area contributed by atoms with E-state index < -0.39 is 12.1 Å². The van der Waals surface area contributed by atoms with Gasteiger partial charge in [0.25, 0.3) is 0 Å². The highest BCUT2D eigenvalue weighted by Crippen LogP contribution is 2.36. The lowest BCUT2D eigenvalue weighted by atomic mass is 9.85. The van der Waals surface area contributed by atoms with Crippen molar-refractivity contribution >= 4 is 11.9 Å². The van der Waals surface area contributed by atoms with Gasteiger partial charge in [0.1, 0.15) is 12.2 Å². The fourth-order valence-corrected chi connectivity index (χ4v) is 2.95. The summed E-state index contributed by atoms with van der Waals surface area (Å²) in [5, 5.41) is 0. The Hall–Kier alpha value is -1.84. The number of allylic oxidation sites excluding steroid dienone is 2. The number of hydrogen-bond acceptors (Lipinski definition) is 4. The van der Waals surface area contributed by atoms with Gasteiger partial charge in [-0.2, -0.15) is 0 Å². The molecule has 1 saturated heterocycles. The first-order valence-corrected chi connectivity index (χ1v) is 7.28. The van der Waals surface area contributed by atoms with E-state index in [-0.39, 0.29) is 18.0 Å². The Kier molecular flexibility index (Phi) is 4.66. The number of fused-ring (bicyclic) bond motifs is 1. The summed E-state index contributed by atoms with van der Waals surface area (Å²) in [4.78, 5) is 23.2. The van der Waals surface area contributed by atoms with Crippen molar-refractivity contribution in [3.05, 3.63) is 35.5 Å². The zero-order valence-corrected chi connectivity index (χ0v) is 12.8. The summed E-state index contributed by atoms with van der Waals surface area (Å²) in [6, 6.07) is 0. The van der Waals surface area contributed by atoms with E-state index in [4.69, 9.17) is 9.47 Å². The monoisotopic (exact) mass is 290 g/mol. The summed E-state index contributed by atoms with van der Waals surface area (Å²) in [7, 11) is 0. The van der Waals surface area contributed by atoms with Crippen molar-refractivity contribution in [1.82, 2.24) is 0 Å². The molecule has 0 amide bonds. The number of rotatable bonds is 1. The van der Waals surface area contributed by atoms with Crippen LogP contribution in [0.5, 0.6) is 0 Å². The minimum Gasteiger partial charge on any atom is -0.461 e. The minimum absolute atomic E-state index is 0.308. The molecule has 0 spiro atoms. The van der Waals surface area contributed by atoms with Crippen molar-refractivity contribution in [2.45, 2.75) is 52.2 Å². The van der Waals surface area contributed by atoms with Crippen LogP contribution in [0.25, 0.3) is 0 Å². The predicted octanol–water partition coefficient (Wildman–Crippen LogP) is 3.09. The van der Waals surface area contributed by atoms with Gasteiger partial charge in [0.2, 0.25) is 0 Å². The number of carbonyl (C=O) groups excluding carboxylic acids is 2. The molecular weight excluding hydrogens is 268 g/mol. The third-order valence-electron chi connectivity index (χ3n) is 3.98. The van der Waals surface area contributed by atoms with Gasteiger partial charge < -0.3 is 9.47 Å². The predicted molar refractivity (Wildman–Crippen MR) is 79.4 cm³/mol. The molecule has 0 aromatic carbocycles. The van der Waals surface area contributed by atoms with E-state index in [0.717, 1.165) is 18.4 Å². The fraction of sp³-hybridized carbons (Fsp3) is 0.529. The summed E-state index contributed by atoms with van der Waals surface area (Å²) < 4.78 is 10.9. The molecule has 2 rings (SSSR count). The van der Waals surface area contributed by atoms with E-state index in [1.807, 2.05) is 19.9 Å². The molecule has 3 atom stereocenters. The number of esters is 2. The van der Waals surface area contributed by atoms with Gasteiger partial charge in [-0.1, -0.05) is 23.8 Å². The Bertz CT molecular complexity index is 527. The Balaban J connectivity index is 2.39. The van der Waals surface area contributed by atoms with Gasteiger partial charge >= 0.3 is 11.9 Å². The van der Waals surface area contributed by atoms with Gasteiger partial charge in [-0.25, -0.2) is 4.79 Å². The molecule has 21 heavy (non-hydrogen) atoms. The fourth-order valence-electron chi connectivity index (χ4n) is 2.95. The maximum Gasteiger partial charge on any atom is 0.334 e. The molecule has 4 nitrogen and oxygen atoms in total. The zero-order chi connectivity index (χ0) is 15.6. The molecule has 1 aliphatic heterocycles. The van der Waals surface area contributed by atoms with Crippen molar-refractivity contribution < 1.29 is 19.1 Å². The molecule has 4 heteroatoms. The van der Waals surface area contributed by atoms with Crippen LogP contribution in [0.2, 0.25) is 0 Å². The summed E-state index contributed by atoms with van der Waals surface area (Å²) in [6.07, 6.45) is 5.80. The summed E-state index contributed by atoms with van der Waals surface area (Å²) in [5.41, 5.74) is 2.71. The highest BCUT2D eigenvalue weighted by Gasteiger charge is 2.44. The molecule has 2 aliphatic rings. The van der Waals surface area contributed by atoms with Crippen LogP contribution in [0.1, 0.15) is 40.0 Å². The molecule has 0 radical (unpaired) electrons.